The molecular formula is C19H25F5N2O6S. The van der Waals surface area contributed by atoms with Gasteiger partial charge in [-0.05, 0) is 17.7 Å². The molecule has 0 aromatic heterocycles. The summed E-state index contributed by atoms with van der Waals surface area (Å²) in [7, 11) is -4.91. The summed E-state index contributed by atoms with van der Waals surface area (Å²) in [6.07, 6.45) is -13.5. The van der Waals surface area contributed by atoms with Crippen LogP contribution in [0.3, 0.4) is 0 Å². The van der Waals surface area contributed by atoms with Crippen LogP contribution in [0.1, 0.15) is 5.56 Å². The molecule has 8 nitrogen and oxygen atoms in total. The number of likely N-dealkylation sites (tertiary alicyclic amines) is 1. The number of aliphatic hydroxyl groups is 3. The highest BCUT2D eigenvalue weighted by Crippen LogP contribution is 2.31. The molecule has 3 N–H and O–H groups in total. The summed E-state index contributed by atoms with van der Waals surface area (Å²) in [6.45, 7) is -2.16. The molecular weight excluding hydrogens is 479 g/mol. The average Bonchev–Trinajstić information content (AvgIpc) is 2.72. The quantitative estimate of drug-likeness (QED) is 0.462. The maximum absolute atomic E-state index is 13.8. The van der Waals surface area contributed by atoms with Crippen molar-refractivity contribution in [1.29, 1.82) is 0 Å². The number of benzene rings is 1. The first-order chi connectivity index (χ1) is 15.4. The van der Waals surface area contributed by atoms with Gasteiger partial charge >= 0.3 is 10.3 Å². The number of halogens is 5. The van der Waals surface area contributed by atoms with E-state index in [0.29, 0.717) is 9.87 Å². The van der Waals surface area contributed by atoms with Crippen LogP contribution in [-0.4, -0.2) is 96.4 Å². The van der Waals surface area contributed by atoms with E-state index in [1.165, 1.54) is 29.2 Å². The number of aliphatic hydroxyl groups excluding tert-OH is 3. The van der Waals surface area contributed by atoms with Gasteiger partial charge < -0.3 is 15.3 Å². The van der Waals surface area contributed by atoms with Crippen LogP contribution in [0.25, 0.3) is 0 Å². The Hall–Kier alpha value is -1.42. The van der Waals surface area contributed by atoms with Gasteiger partial charge in [-0.1, -0.05) is 12.1 Å². The fourth-order valence-electron chi connectivity index (χ4n) is 4.10. The van der Waals surface area contributed by atoms with E-state index in [2.05, 4.69) is 0 Å². The van der Waals surface area contributed by atoms with Gasteiger partial charge in [0, 0.05) is 32.7 Å². The number of alkyl halides is 4. The molecule has 0 amide bonds. The van der Waals surface area contributed by atoms with Crippen LogP contribution in [0.2, 0.25) is 0 Å². The summed E-state index contributed by atoms with van der Waals surface area (Å²) in [6, 6.07) is 5.27. The van der Waals surface area contributed by atoms with Crippen LogP contribution in [0, 0.1) is 17.7 Å². The molecule has 2 aliphatic rings. The topological polar surface area (TPSA) is 111 Å². The zero-order valence-corrected chi connectivity index (χ0v) is 18.0. The molecule has 14 heteroatoms. The van der Waals surface area contributed by atoms with Crippen molar-refractivity contribution in [2.24, 2.45) is 11.8 Å². The summed E-state index contributed by atoms with van der Waals surface area (Å²) < 4.78 is 97.4. The molecule has 2 saturated heterocycles. The molecule has 2 heterocycles. The van der Waals surface area contributed by atoms with Crippen molar-refractivity contribution in [3.8, 4) is 0 Å². The van der Waals surface area contributed by atoms with E-state index in [4.69, 9.17) is 4.18 Å². The van der Waals surface area contributed by atoms with E-state index >= 15 is 0 Å². The van der Waals surface area contributed by atoms with Gasteiger partial charge in [0.2, 0.25) is 12.9 Å². The Morgan fingerprint density at radius 3 is 2.09 bits per heavy atom. The van der Waals surface area contributed by atoms with E-state index < -0.39 is 78.3 Å². The van der Waals surface area contributed by atoms with Crippen LogP contribution in [0.15, 0.2) is 24.3 Å². The van der Waals surface area contributed by atoms with Gasteiger partial charge in [-0.2, -0.15) is 12.7 Å². The van der Waals surface area contributed by atoms with Crippen molar-refractivity contribution in [1.82, 2.24) is 9.21 Å². The van der Waals surface area contributed by atoms with Crippen LogP contribution in [-0.2, 0) is 21.0 Å². The van der Waals surface area contributed by atoms with Crippen molar-refractivity contribution in [2.75, 3.05) is 26.2 Å². The summed E-state index contributed by atoms with van der Waals surface area (Å²) in [5.74, 6) is -4.12. The van der Waals surface area contributed by atoms with Crippen molar-refractivity contribution in [3.05, 3.63) is 35.6 Å². The number of rotatable bonds is 7. The molecule has 0 bridgehead atoms. The molecule has 0 radical (unpaired) electrons. The lowest BCUT2D eigenvalue weighted by Gasteiger charge is -2.42. The average molecular weight is 504 g/mol. The Morgan fingerprint density at radius 2 is 1.52 bits per heavy atom. The standard InChI is InChI=1S/C19H25F5N2O6S/c20-11-3-1-10(2-4-11)5-25-6-13(19(23)24)17(15(28)8-25)32-33(30,31)26-7-12(18(21)22)16(29)14(27)9-26/h1-4,12-19,27-29H,5-9H2. The smallest absolute Gasteiger partial charge is 0.338 e. The highest BCUT2D eigenvalue weighted by Gasteiger charge is 2.48. The van der Waals surface area contributed by atoms with E-state index in [1.807, 2.05) is 0 Å². The Labute approximate surface area is 187 Å². The summed E-state index contributed by atoms with van der Waals surface area (Å²) in [4.78, 5) is 1.44. The molecule has 2 fully saturated rings. The minimum Gasteiger partial charge on any atom is -0.390 e. The molecule has 2 aliphatic heterocycles. The van der Waals surface area contributed by atoms with Crippen molar-refractivity contribution in [3.63, 3.8) is 0 Å². The third kappa shape index (κ3) is 6.18. The molecule has 0 spiro atoms. The summed E-state index contributed by atoms with van der Waals surface area (Å²) >= 11 is 0. The predicted octanol–water partition coefficient (Wildman–Crippen LogP) is 0.432. The number of nitrogens with zero attached hydrogens (tertiary/aromatic N) is 2. The van der Waals surface area contributed by atoms with Gasteiger partial charge in [-0.3, -0.25) is 9.08 Å². The lowest BCUT2D eigenvalue weighted by Crippen LogP contribution is -2.59. The molecule has 3 rings (SSSR count). The minimum atomic E-state index is -4.91. The Balaban J connectivity index is 1.73. The van der Waals surface area contributed by atoms with Crippen molar-refractivity contribution < 1.29 is 49.9 Å². The molecule has 1 aromatic rings. The molecule has 0 aliphatic carbocycles. The van der Waals surface area contributed by atoms with Gasteiger partial charge in [-0.15, -0.1) is 0 Å². The highest BCUT2D eigenvalue weighted by molar-refractivity contribution is 7.84. The molecule has 33 heavy (non-hydrogen) atoms. The molecule has 1 aromatic carbocycles. The largest absolute Gasteiger partial charge is 0.390 e. The summed E-state index contributed by atoms with van der Waals surface area (Å²) in [5, 5.41) is 29.9. The SMILES string of the molecule is O=S(=O)(OC1C(O)CN(Cc2ccc(F)cc2)CC1C(F)F)N1CC(O)C(O)C(C(F)F)C1. The Kier molecular flexibility index (Phi) is 8.30. The zero-order valence-electron chi connectivity index (χ0n) is 17.2. The van der Waals surface area contributed by atoms with Crippen LogP contribution in [0.5, 0.6) is 0 Å². The fraction of sp³-hybridized carbons (Fsp3) is 0.684. The lowest BCUT2D eigenvalue weighted by atomic mass is 9.92. The second-order valence-electron chi connectivity index (χ2n) is 8.28. The molecule has 0 saturated carbocycles. The number of hydrogen-bond donors (Lipinski definition) is 3. The summed E-state index contributed by atoms with van der Waals surface area (Å²) in [5.41, 5.74) is 0.586. The van der Waals surface area contributed by atoms with Gasteiger partial charge in [0.1, 0.15) is 11.9 Å². The maximum atomic E-state index is 13.8. The van der Waals surface area contributed by atoms with Crippen molar-refractivity contribution >= 4 is 10.3 Å². The minimum absolute atomic E-state index is 0.0896. The molecule has 6 unspecified atom stereocenters. The van der Waals surface area contributed by atoms with E-state index in [1.54, 1.807) is 0 Å². The fourth-order valence-corrected chi connectivity index (χ4v) is 5.46. The first-order valence-electron chi connectivity index (χ1n) is 10.1. The second-order valence-corrected chi connectivity index (χ2v) is 9.84. The maximum Gasteiger partial charge on any atom is 0.338 e. The first-order valence-corrected chi connectivity index (χ1v) is 11.5. The monoisotopic (exact) mass is 504 g/mol. The number of β-amino-alcohol motifs (C(OH)–C–C–N with tert-alkyl or cyclic N) is 2. The van der Waals surface area contributed by atoms with Gasteiger partial charge in [-0.25, -0.2) is 22.0 Å². The highest BCUT2D eigenvalue weighted by atomic mass is 32.2. The third-order valence-corrected chi connectivity index (χ3v) is 7.27. The van der Waals surface area contributed by atoms with Gasteiger partial charge in [0.15, 0.2) is 0 Å². The van der Waals surface area contributed by atoms with Crippen LogP contribution < -0.4 is 0 Å². The zero-order chi connectivity index (χ0) is 24.5. The van der Waals surface area contributed by atoms with E-state index in [9.17, 15) is 45.7 Å². The van der Waals surface area contributed by atoms with Gasteiger partial charge in [0.25, 0.3) is 0 Å². The number of hydrogen-bond acceptors (Lipinski definition) is 7. The molecule has 188 valence electrons. The van der Waals surface area contributed by atoms with Crippen LogP contribution in [0.4, 0.5) is 22.0 Å². The Morgan fingerprint density at radius 1 is 0.909 bits per heavy atom. The van der Waals surface area contributed by atoms with E-state index in [0.717, 1.165) is 0 Å². The number of piperidine rings is 2. The first kappa shape index (κ1) is 26.2. The van der Waals surface area contributed by atoms with Crippen LogP contribution >= 0.6 is 0 Å². The van der Waals surface area contributed by atoms with Crippen molar-refractivity contribution in [2.45, 2.75) is 43.8 Å². The predicted molar refractivity (Wildman–Crippen MR) is 104 cm³/mol. The lowest BCUT2D eigenvalue weighted by molar-refractivity contribution is -0.116. The Bertz CT molecular complexity index is 893. The van der Waals surface area contributed by atoms with E-state index in [-0.39, 0.29) is 19.6 Å². The normalized spacial score (nSPS) is 32.5. The van der Waals surface area contributed by atoms with Gasteiger partial charge in [0.05, 0.1) is 30.1 Å². The third-order valence-electron chi connectivity index (χ3n) is 5.87. The molecule has 6 atom stereocenters. The second kappa shape index (κ2) is 10.5.